The summed E-state index contributed by atoms with van der Waals surface area (Å²) < 4.78 is 16.0. The van der Waals surface area contributed by atoms with E-state index in [0.29, 0.717) is 48.0 Å². The fourth-order valence-electron chi connectivity index (χ4n) is 4.77. The SMILES string of the molecule is Cc1ccc(C(=O)N2CCN(C(=O)c3cc(-c4ccc(Cl)cc4)n(-c4cccc(F)c4)c3C)CC2)cc1. The minimum Gasteiger partial charge on any atom is -0.335 e. The van der Waals surface area contributed by atoms with E-state index in [9.17, 15) is 14.0 Å². The van der Waals surface area contributed by atoms with Crippen molar-refractivity contribution in [2.75, 3.05) is 26.2 Å². The van der Waals surface area contributed by atoms with E-state index in [0.717, 1.165) is 22.5 Å². The second-order valence-electron chi connectivity index (χ2n) is 9.30. The molecule has 1 fully saturated rings. The first-order chi connectivity index (χ1) is 17.8. The van der Waals surface area contributed by atoms with E-state index in [1.54, 1.807) is 28.0 Å². The molecule has 7 heteroatoms. The van der Waals surface area contributed by atoms with Gasteiger partial charge in [-0.3, -0.25) is 9.59 Å². The molecule has 2 amide bonds. The fourth-order valence-corrected chi connectivity index (χ4v) is 4.89. The number of rotatable bonds is 4. The molecular weight excluding hydrogens is 489 g/mol. The van der Waals surface area contributed by atoms with Gasteiger partial charge in [-0.1, -0.05) is 47.5 Å². The molecule has 1 aliphatic heterocycles. The third kappa shape index (κ3) is 5.02. The predicted molar refractivity (Wildman–Crippen MR) is 144 cm³/mol. The average molecular weight is 516 g/mol. The maximum absolute atomic E-state index is 14.1. The van der Waals surface area contributed by atoms with E-state index in [1.807, 2.05) is 66.9 Å². The zero-order chi connectivity index (χ0) is 26.1. The average Bonchev–Trinajstić information content (AvgIpc) is 3.25. The lowest BCUT2D eigenvalue weighted by Gasteiger charge is -2.35. The molecule has 0 saturated carbocycles. The van der Waals surface area contributed by atoms with Crippen LogP contribution >= 0.6 is 11.6 Å². The Morgan fingerprint density at radius 3 is 2.03 bits per heavy atom. The van der Waals surface area contributed by atoms with Crippen LogP contribution in [0.15, 0.2) is 78.9 Å². The summed E-state index contributed by atoms with van der Waals surface area (Å²) in [4.78, 5) is 30.1. The van der Waals surface area contributed by atoms with E-state index < -0.39 is 0 Å². The maximum Gasteiger partial charge on any atom is 0.255 e. The summed E-state index contributed by atoms with van der Waals surface area (Å²) in [5.41, 5.74) is 5.30. The first kappa shape index (κ1) is 24.8. The van der Waals surface area contributed by atoms with Crippen LogP contribution in [-0.2, 0) is 0 Å². The molecular formula is C30H27ClFN3O2. The number of hydrogen-bond acceptors (Lipinski definition) is 2. The number of aryl methyl sites for hydroxylation is 1. The molecule has 1 aliphatic rings. The lowest BCUT2D eigenvalue weighted by Crippen LogP contribution is -2.50. The summed E-state index contributed by atoms with van der Waals surface area (Å²) in [5, 5.41) is 0.610. The van der Waals surface area contributed by atoms with Gasteiger partial charge in [0.15, 0.2) is 0 Å². The highest BCUT2D eigenvalue weighted by molar-refractivity contribution is 6.30. The van der Waals surface area contributed by atoms with Gasteiger partial charge in [0, 0.05) is 48.1 Å². The lowest BCUT2D eigenvalue weighted by atomic mass is 10.1. The van der Waals surface area contributed by atoms with Crippen molar-refractivity contribution in [2.24, 2.45) is 0 Å². The molecule has 3 aromatic carbocycles. The monoisotopic (exact) mass is 515 g/mol. The van der Waals surface area contributed by atoms with Crippen molar-refractivity contribution < 1.29 is 14.0 Å². The highest BCUT2D eigenvalue weighted by Gasteiger charge is 2.28. The lowest BCUT2D eigenvalue weighted by molar-refractivity contribution is 0.0535. The molecule has 0 aliphatic carbocycles. The number of aromatic nitrogens is 1. The van der Waals surface area contributed by atoms with Gasteiger partial charge in [-0.25, -0.2) is 4.39 Å². The molecule has 0 unspecified atom stereocenters. The summed E-state index contributed by atoms with van der Waals surface area (Å²) in [6.45, 7) is 5.67. The zero-order valence-electron chi connectivity index (χ0n) is 20.7. The van der Waals surface area contributed by atoms with E-state index in [1.165, 1.54) is 12.1 Å². The minimum atomic E-state index is -0.352. The summed E-state index contributed by atoms with van der Waals surface area (Å²) in [7, 11) is 0. The van der Waals surface area contributed by atoms with Gasteiger partial charge < -0.3 is 14.4 Å². The van der Waals surface area contributed by atoms with Gasteiger partial charge in [0.2, 0.25) is 0 Å². The molecule has 37 heavy (non-hydrogen) atoms. The quantitative estimate of drug-likeness (QED) is 0.327. The highest BCUT2D eigenvalue weighted by atomic mass is 35.5. The van der Waals surface area contributed by atoms with Crippen LogP contribution in [0.5, 0.6) is 0 Å². The van der Waals surface area contributed by atoms with Crippen molar-refractivity contribution in [3.63, 3.8) is 0 Å². The van der Waals surface area contributed by atoms with E-state index in [4.69, 9.17) is 11.6 Å². The molecule has 0 spiro atoms. The number of carbonyl (C=O) groups excluding carboxylic acids is 2. The van der Waals surface area contributed by atoms with E-state index in [2.05, 4.69) is 0 Å². The molecule has 2 heterocycles. The standard InChI is InChI=1S/C30H27ClFN3O2/c1-20-6-8-23(9-7-20)29(36)33-14-16-34(17-15-33)30(37)27-19-28(22-10-12-24(31)13-11-22)35(21(27)2)26-5-3-4-25(32)18-26/h3-13,18-19H,14-17H2,1-2H3. The van der Waals surface area contributed by atoms with Crippen LogP contribution in [-0.4, -0.2) is 52.4 Å². The molecule has 5 nitrogen and oxygen atoms in total. The third-order valence-electron chi connectivity index (χ3n) is 6.84. The molecule has 0 N–H and O–H groups in total. The Hall–Kier alpha value is -3.90. The molecule has 1 aromatic heterocycles. The van der Waals surface area contributed by atoms with Gasteiger partial charge in [-0.15, -0.1) is 0 Å². The number of carbonyl (C=O) groups is 2. The van der Waals surface area contributed by atoms with Gasteiger partial charge in [0.05, 0.1) is 11.3 Å². The number of amides is 2. The second kappa shape index (κ2) is 10.2. The molecule has 0 atom stereocenters. The van der Waals surface area contributed by atoms with Crippen LogP contribution in [0.25, 0.3) is 16.9 Å². The summed E-state index contributed by atoms with van der Waals surface area (Å²) >= 11 is 6.10. The van der Waals surface area contributed by atoms with E-state index >= 15 is 0 Å². The molecule has 0 radical (unpaired) electrons. The summed E-state index contributed by atoms with van der Waals surface area (Å²) in [6, 6.07) is 23.1. The Morgan fingerprint density at radius 2 is 1.41 bits per heavy atom. The Labute approximate surface area is 220 Å². The number of nitrogens with zero attached hydrogens (tertiary/aromatic N) is 3. The normalized spacial score (nSPS) is 13.6. The Morgan fingerprint density at radius 1 is 0.784 bits per heavy atom. The number of halogens is 2. The highest BCUT2D eigenvalue weighted by Crippen LogP contribution is 2.31. The van der Waals surface area contributed by atoms with Crippen LogP contribution in [0, 0.1) is 19.7 Å². The second-order valence-corrected chi connectivity index (χ2v) is 9.74. The van der Waals surface area contributed by atoms with Crippen molar-refractivity contribution in [2.45, 2.75) is 13.8 Å². The Bertz CT molecular complexity index is 1450. The molecule has 4 aromatic rings. The van der Waals surface area contributed by atoms with Gasteiger partial charge in [0.25, 0.3) is 11.8 Å². The van der Waals surface area contributed by atoms with Crippen molar-refractivity contribution >= 4 is 23.4 Å². The van der Waals surface area contributed by atoms with Crippen LogP contribution in [0.4, 0.5) is 4.39 Å². The number of benzene rings is 3. The largest absolute Gasteiger partial charge is 0.335 e. The Kier molecular flexibility index (Phi) is 6.85. The first-order valence-electron chi connectivity index (χ1n) is 12.2. The van der Waals surface area contributed by atoms with Crippen LogP contribution in [0.2, 0.25) is 5.02 Å². The molecule has 5 rings (SSSR count). The van der Waals surface area contributed by atoms with Crippen molar-refractivity contribution in [3.8, 4) is 16.9 Å². The fraction of sp³-hybridized carbons (Fsp3) is 0.200. The molecule has 1 saturated heterocycles. The van der Waals surface area contributed by atoms with Crippen molar-refractivity contribution in [1.29, 1.82) is 0 Å². The van der Waals surface area contributed by atoms with Crippen molar-refractivity contribution in [3.05, 3.63) is 112 Å². The molecule has 188 valence electrons. The summed E-state index contributed by atoms with van der Waals surface area (Å²) in [5.74, 6) is -0.481. The molecule has 0 bridgehead atoms. The van der Waals surface area contributed by atoms with Crippen LogP contribution in [0.1, 0.15) is 32.0 Å². The summed E-state index contributed by atoms with van der Waals surface area (Å²) in [6.07, 6.45) is 0. The first-order valence-corrected chi connectivity index (χ1v) is 12.6. The third-order valence-corrected chi connectivity index (χ3v) is 7.09. The predicted octanol–water partition coefficient (Wildman–Crippen LogP) is 6.15. The zero-order valence-corrected chi connectivity index (χ0v) is 21.5. The van der Waals surface area contributed by atoms with Gasteiger partial charge in [0.1, 0.15) is 5.82 Å². The topological polar surface area (TPSA) is 45.6 Å². The van der Waals surface area contributed by atoms with Gasteiger partial charge in [-0.2, -0.15) is 0 Å². The van der Waals surface area contributed by atoms with E-state index in [-0.39, 0.29) is 17.6 Å². The minimum absolute atomic E-state index is 0.0226. The Balaban J connectivity index is 1.41. The maximum atomic E-state index is 14.1. The van der Waals surface area contributed by atoms with Crippen LogP contribution in [0.3, 0.4) is 0 Å². The number of hydrogen-bond donors (Lipinski definition) is 0. The smallest absolute Gasteiger partial charge is 0.255 e. The number of piperazine rings is 1. The van der Waals surface area contributed by atoms with Gasteiger partial charge >= 0.3 is 0 Å². The van der Waals surface area contributed by atoms with Crippen molar-refractivity contribution in [1.82, 2.24) is 14.4 Å². The van der Waals surface area contributed by atoms with Crippen LogP contribution < -0.4 is 0 Å². The van der Waals surface area contributed by atoms with Gasteiger partial charge in [-0.05, 0) is 67.9 Å².